The summed E-state index contributed by atoms with van der Waals surface area (Å²) in [7, 11) is 0. The Morgan fingerprint density at radius 2 is 1.24 bits per heavy atom. The molecule has 2 rings (SSSR count). The van der Waals surface area contributed by atoms with E-state index in [2.05, 4.69) is 10.6 Å². The van der Waals surface area contributed by atoms with Crippen LogP contribution in [-0.4, -0.2) is 17.9 Å². The van der Waals surface area contributed by atoms with Crippen molar-refractivity contribution in [3.8, 4) is 0 Å². The molecule has 0 bridgehead atoms. The number of amides is 2. The second-order valence-corrected chi connectivity index (χ2v) is 7.21. The number of benzene rings is 2. The summed E-state index contributed by atoms with van der Waals surface area (Å²) in [4.78, 5) is 24.8. The first-order chi connectivity index (χ1) is 11.8. The summed E-state index contributed by atoms with van der Waals surface area (Å²) in [6, 6.07) is 18.7. The van der Waals surface area contributed by atoms with Gasteiger partial charge < -0.3 is 10.6 Å². The van der Waals surface area contributed by atoms with Crippen LogP contribution in [0, 0.1) is 5.41 Å². The van der Waals surface area contributed by atoms with Crippen molar-refractivity contribution in [2.24, 2.45) is 5.41 Å². The third kappa shape index (κ3) is 5.18. The predicted octanol–water partition coefficient (Wildman–Crippen LogP) is 3.44. The molecule has 2 aromatic rings. The van der Waals surface area contributed by atoms with Gasteiger partial charge in [0.05, 0.1) is 6.04 Å². The van der Waals surface area contributed by atoms with E-state index in [0.29, 0.717) is 0 Å². The van der Waals surface area contributed by atoms with Crippen LogP contribution in [-0.2, 0) is 9.59 Å². The normalized spacial score (nSPS) is 12.5. The molecule has 0 aromatic heterocycles. The Hall–Kier alpha value is -2.62. The highest BCUT2D eigenvalue weighted by Crippen LogP contribution is 2.22. The molecule has 0 aliphatic heterocycles. The van der Waals surface area contributed by atoms with Crippen LogP contribution in [0.15, 0.2) is 60.7 Å². The summed E-state index contributed by atoms with van der Waals surface area (Å²) < 4.78 is 0. The Morgan fingerprint density at radius 3 is 1.64 bits per heavy atom. The van der Waals surface area contributed by atoms with Crippen molar-refractivity contribution in [3.63, 3.8) is 0 Å². The molecule has 1 atom stereocenters. The Bertz CT molecular complexity index is 666. The lowest BCUT2D eigenvalue weighted by molar-refractivity contribution is -0.133. The zero-order chi connectivity index (χ0) is 18.4. The first-order valence-electron chi connectivity index (χ1n) is 8.50. The summed E-state index contributed by atoms with van der Waals surface area (Å²) in [5.74, 6) is -0.360. The fourth-order valence-electron chi connectivity index (χ4n) is 2.40. The second-order valence-electron chi connectivity index (χ2n) is 7.21. The molecule has 2 N–H and O–H groups in total. The Labute approximate surface area is 149 Å². The molecule has 0 aliphatic rings. The fourth-order valence-corrected chi connectivity index (χ4v) is 2.40. The number of nitrogens with one attached hydrogen (secondary N) is 2. The van der Waals surface area contributed by atoms with Crippen LogP contribution in [0.4, 0.5) is 0 Å². The molecule has 0 heterocycles. The van der Waals surface area contributed by atoms with Gasteiger partial charge in [-0.15, -0.1) is 0 Å². The van der Waals surface area contributed by atoms with Crippen LogP contribution in [0.2, 0.25) is 0 Å². The molecule has 2 amide bonds. The third-order valence-corrected chi connectivity index (χ3v) is 3.97. The Morgan fingerprint density at radius 1 is 0.800 bits per heavy atom. The average Bonchev–Trinajstić information content (AvgIpc) is 2.60. The summed E-state index contributed by atoms with van der Waals surface area (Å²) in [6.07, 6.45) is 0. The minimum absolute atomic E-state index is 0.147. The van der Waals surface area contributed by atoms with E-state index in [-0.39, 0.29) is 17.9 Å². The molecule has 4 nitrogen and oxygen atoms in total. The van der Waals surface area contributed by atoms with E-state index < -0.39 is 11.5 Å². The van der Waals surface area contributed by atoms with Crippen molar-refractivity contribution in [1.82, 2.24) is 10.6 Å². The highest BCUT2D eigenvalue weighted by molar-refractivity contribution is 5.89. The molecule has 0 saturated carbocycles. The first-order valence-corrected chi connectivity index (χ1v) is 8.50. The minimum atomic E-state index is -0.610. The smallest absolute Gasteiger partial charge is 0.243 e. The molecule has 4 heteroatoms. The van der Waals surface area contributed by atoms with E-state index in [9.17, 15) is 9.59 Å². The lowest BCUT2D eigenvalue weighted by Gasteiger charge is -2.25. The molecular weight excluding hydrogens is 312 g/mol. The maximum Gasteiger partial charge on any atom is 0.243 e. The van der Waals surface area contributed by atoms with E-state index in [0.717, 1.165) is 11.1 Å². The third-order valence-electron chi connectivity index (χ3n) is 3.97. The molecule has 132 valence electrons. The highest BCUT2D eigenvalue weighted by Gasteiger charge is 2.26. The van der Waals surface area contributed by atoms with Crippen LogP contribution in [0.3, 0.4) is 0 Å². The van der Waals surface area contributed by atoms with E-state index in [4.69, 9.17) is 0 Å². The number of hydrogen-bond acceptors (Lipinski definition) is 2. The van der Waals surface area contributed by atoms with Gasteiger partial charge in [0, 0.05) is 5.41 Å². The maximum absolute atomic E-state index is 12.6. The van der Waals surface area contributed by atoms with Gasteiger partial charge >= 0.3 is 0 Å². The van der Waals surface area contributed by atoms with E-state index in [1.807, 2.05) is 81.4 Å². The fraction of sp³-hybridized carbons (Fsp3) is 0.333. The molecular formula is C21H26N2O2. The SMILES string of the molecule is CC(NC(=O)C(C)(C)C)C(=O)NC(c1ccccc1)c1ccccc1. The molecule has 0 fully saturated rings. The molecule has 0 aliphatic carbocycles. The van der Waals surface area contributed by atoms with Gasteiger partial charge in [-0.25, -0.2) is 0 Å². The lowest BCUT2D eigenvalue weighted by Crippen LogP contribution is -2.49. The van der Waals surface area contributed by atoms with Crippen LogP contribution in [0.1, 0.15) is 44.9 Å². The molecule has 2 aromatic carbocycles. The molecule has 25 heavy (non-hydrogen) atoms. The summed E-state index contributed by atoms with van der Waals surface area (Å²) in [6.45, 7) is 7.17. The number of hydrogen-bond donors (Lipinski definition) is 2. The lowest BCUT2D eigenvalue weighted by atomic mass is 9.95. The number of carbonyl (C=O) groups excluding carboxylic acids is 2. The predicted molar refractivity (Wildman–Crippen MR) is 99.9 cm³/mol. The van der Waals surface area contributed by atoms with E-state index in [1.54, 1.807) is 6.92 Å². The van der Waals surface area contributed by atoms with Gasteiger partial charge in [0.2, 0.25) is 11.8 Å². The Balaban J connectivity index is 2.17. The van der Waals surface area contributed by atoms with Gasteiger partial charge in [0.15, 0.2) is 0 Å². The van der Waals surface area contributed by atoms with Crippen molar-refractivity contribution in [1.29, 1.82) is 0 Å². The van der Waals surface area contributed by atoms with Crippen LogP contribution in [0.5, 0.6) is 0 Å². The summed E-state index contributed by atoms with van der Waals surface area (Å²) in [5, 5.41) is 5.83. The highest BCUT2D eigenvalue weighted by atomic mass is 16.2. The van der Waals surface area contributed by atoms with Crippen molar-refractivity contribution < 1.29 is 9.59 Å². The number of rotatable bonds is 5. The van der Waals surface area contributed by atoms with Gasteiger partial charge in [-0.3, -0.25) is 9.59 Å². The van der Waals surface area contributed by atoms with Crippen LogP contribution < -0.4 is 10.6 Å². The van der Waals surface area contributed by atoms with Crippen LogP contribution >= 0.6 is 0 Å². The second kappa shape index (κ2) is 7.97. The Kier molecular flexibility index (Phi) is 5.97. The largest absolute Gasteiger partial charge is 0.344 e. The first kappa shape index (κ1) is 18.7. The quantitative estimate of drug-likeness (QED) is 0.877. The standard InChI is InChI=1S/C21H26N2O2/c1-15(22-20(25)21(2,3)4)19(24)23-18(16-11-7-5-8-12-16)17-13-9-6-10-14-17/h5-15,18H,1-4H3,(H,22,25)(H,23,24). The van der Waals surface area contributed by atoms with Gasteiger partial charge in [0.1, 0.15) is 6.04 Å². The molecule has 0 spiro atoms. The van der Waals surface area contributed by atoms with E-state index >= 15 is 0 Å². The molecule has 0 radical (unpaired) electrons. The topological polar surface area (TPSA) is 58.2 Å². The van der Waals surface area contributed by atoms with Gasteiger partial charge in [-0.1, -0.05) is 81.4 Å². The summed E-state index contributed by atoms with van der Waals surface area (Å²) >= 11 is 0. The van der Waals surface area contributed by atoms with Crippen molar-refractivity contribution in [2.45, 2.75) is 39.8 Å². The van der Waals surface area contributed by atoms with Crippen molar-refractivity contribution in [3.05, 3.63) is 71.8 Å². The van der Waals surface area contributed by atoms with Gasteiger partial charge in [-0.2, -0.15) is 0 Å². The average molecular weight is 338 g/mol. The molecule has 0 saturated heterocycles. The van der Waals surface area contributed by atoms with Crippen molar-refractivity contribution in [2.75, 3.05) is 0 Å². The van der Waals surface area contributed by atoms with E-state index in [1.165, 1.54) is 0 Å². The minimum Gasteiger partial charge on any atom is -0.344 e. The van der Waals surface area contributed by atoms with Gasteiger partial charge in [0.25, 0.3) is 0 Å². The van der Waals surface area contributed by atoms with Crippen LogP contribution in [0.25, 0.3) is 0 Å². The zero-order valence-corrected chi connectivity index (χ0v) is 15.2. The number of carbonyl (C=O) groups is 2. The van der Waals surface area contributed by atoms with Crippen molar-refractivity contribution >= 4 is 11.8 Å². The zero-order valence-electron chi connectivity index (χ0n) is 15.2. The summed E-state index contributed by atoms with van der Waals surface area (Å²) in [5.41, 5.74) is 1.46. The maximum atomic E-state index is 12.6. The molecule has 1 unspecified atom stereocenters. The van der Waals surface area contributed by atoms with Gasteiger partial charge in [-0.05, 0) is 18.1 Å². The monoisotopic (exact) mass is 338 g/mol.